The van der Waals surface area contributed by atoms with Gasteiger partial charge in [-0.15, -0.1) is 0 Å². The van der Waals surface area contributed by atoms with E-state index >= 15 is 0 Å². The van der Waals surface area contributed by atoms with Gasteiger partial charge in [0.15, 0.2) is 0 Å². The van der Waals surface area contributed by atoms with Gasteiger partial charge in [0.2, 0.25) is 0 Å². The van der Waals surface area contributed by atoms with Gasteiger partial charge >= 0.3 is 0 Å². The van der Waals surface area contributed by atoms with Gasteiger partial charge in [-0.2, -0.15) is 0 Å². The number of amides is 1. The van der Waals surface area contributed by atoms with Crippen LogP contribution in [-0.4, -0.2) is 42.5 Å². The summed E-state index contributed by atoms with van der Waals surface area (Å²) in [4.78, 5) is 27.6. The zero-order valence-corrected chi connectivity index (χ0v) is 19.9. The highest BCUT2D eigenvalue weighted by Crippen LogP contribution is 2.43. The molecule has 1 saturated heterocycles. The first-order chi connectivity index (χ1) is 16.3. The van der Waals surface area contributed by atoms with E-state index < -0.39 is 23.5 Å². The number of carbonyl (C=O) groups is 2. The van der Waals surface area contributed by atoms with Crippen LogP contribution in [0.1, 0.15) is 22.9 Å². The molecule has 1 aliphatic heterocycles. The molecule has 0 spiro atoms. The van der Waals surface area contributed by atoms with E-state index in [1.807, 2.05) is 12.1 Å². The number of ketones is 1. The van der Waals surface area contributed by atoms with E-state index in [2.05, 4.69) is 0 Å². The van der Waals surface area contributed by atoms with Crippen LogP contribution in [0, 0.1) is 0 Å². The molecule has 3 aromatic rings. The molecule has 1 N–H and O–H groups in total. The SMILES string of the molecule is COc1cc(OC)c(/C(O)=C2/C(=O)C(=O)N(CCc3ccc(Cl)cc3)C2c2ccco2)cc1Cl. The largest absolute Gasteiger partial charge is 0.507 e. The van der Waals surface area contributed by atoms with Gasteiger partial charge in [0.1, 0.15) is 29.1 Å². The van der Waals surface area contributed by atoms with Crippen LogP contribution >= 0.6 is 23.2 Å². The number of rotatable bonds is 7. The topological polar surface area (TPSA) is 89.2 Å². The first kappa shape index (κ1) is 23.7. The Balaban J connectivity index is 1.79. The predicted molar refractivity (Wildman–Crippen MR) is 127 cm³/mol. The molecule has 2 heterocycles. The molecule has 176 valence electrons. The monoisotopic (exact) mass is 501 g/mol. The highest BCUT2D eigenvalue weighted by Gasteiger charge is 2.47. The molecule has 2 aromatic carbocycles. The number of halogens is 2. The number of hydrogen-bond donors (Lipinski definition) is 1. The number of likely N-dealkylation sites (tertiary alicyclic amines) is 1. The Hall–Kier alpha value is -3.42. The fourth-order valence-corrected chi connectivity index (χ4v) is 4.31. The van der Waals surface area contributed by atoms with Gasteiger partial charge in [0.25, 0.3) is 11.7 Å². The maximum Gasteiger partial charge on any atom is 0.295 e. The summed E-state index contributed by atoms with van der Waals surface area (Å²) >= 11 is 12.2. The normalized spacial score (nSPS) is 17.3. The number of aliphatic hydroxyl groups excluding tert-OH is 1. The van der Waals surface area contributed by atoms with Crippen LogP contribution in [0.5, 0.6) is 11.5 Å². The van der Waals surface area contributed by atoms with Crippen LogP contribution in [0.4, 0.5) is 0 Å². The van der Waals surface area contributed by atoms with E-state index in [4.69, 9.17) is 37.1 Å². The quantitative estimate of drug-likeness (QED) is 0.269. The summed E-state index contributed by atoms with van der Waals surface area (Å²) in [6.07, 6.45) is 1.92. The second-order valence-corrected chi connectivity index (χ2v) is 8.42. The second-order valence-electron chi connectivity index (χ2n) is 7.57. The van der Waals surface area contributed by atoms with E-state index in [-0.39, 0.29) is 28.5 Å². The van der Waals surface area contributed by atoms with Crippen LogP contribution in [0.15, 0.2) is 64.8 Å². The van der Waals surface area contributed by atoms with Crippen molar-refractivity contribution >= 4 is 40.7 Å². The number of aliphatic hydroxyl groups is 1. The van der Waals surface area contributed by atoms with Crippen molar-refractivity contribution in [2.24, 2.45) is 0 Å². The minimum Gasteiger partial charge on any atom is -0.507 e. The van der Waals surface area contributed by atoms with Gasteiger partial charge in [0, 0.05) is 17.6 Å². The molecule has 0 aliphatic carbocycles. The lowest BCUT2D eigenvalue weighted by atomic mass is 9.98. The van der Waals surface area contributed by atoms with E-state index in [0.717, 1.165) is 5.56 Å². The van der Waals surface area contributed by atoms with Crippen LogP contribution in [-0.2, 0) is 16.0 Å². The van der Waals surface area contributed by atoms with Crippen LogP contribution in [0.25, 0.3) is 5.76 Å². The zero-order chi connectivity index (χ0) is 24.4. The maximum absolute atomic E-state index is 13.1. The van der Waals surface area contributed by atoms with Gasteiger partial charge in [-0.25, -0.2) is 0 Å². The molecule has 1 atom stereocenters. The molecule has 1 aliphatic rings. The van der Waals surface area contributed by atoms with E-state index in [0.29, 0.717) is 23.0 Å². The van der Waals surface area contributed by atoms with Gasteiger partial charge in [-0.3, -0.25) is 9.59 Å². The number of furan rings is 1. The standard InChI is InChI=1S/C25H21Cl2NO6/c1-32-19-13-20(33-2)17(27)12-16(19)23(29)21-22(18-4-3-11-34-18)28(25(31)24(21)30)10-9-14-5-7-15(26)8-6-14/h3-8,11-13,22,29H,9-10H2,1-2H3/b23-21-. The molecule has 0 radical (unpaired) electrons. The summed E-state index contributed by atoms with van der Waals surface area (Å²) in [5, 5.41) is 12.1. The number of hydrogen-bond acceptors (Lipinski definition) is 6. The highest BCUT2D eigenvalue weighted by molar-refractivity contribution is 6.46. The number of Topliss-reactive ketones (excluding diaryl/α,β-unsaturated/α-hetero) is 1. The summed E-state index contributed by atoms with van der Waals surface area (Å²) in [7, 11) is 2.86. The molecule has 9 heteroatoms. The van der Waals surface area contributed by atoms with Crippen molar-refractivity contribution in [1.82, 2.24) is 4.90 Å². The summed E-state index contributed by atoms with van der Waals surface area (Å²) in [5.41, 5.74) is 0.976. The molecule has 1 fully saturated rings. The smallest absolute Gasteiger partial charge is 0.295 e. The molecule has 34 heavy (non-hydrogen) atoms. The first-order valence-electron chi connectivity index (χ1n) is 10.3. The van der Waals surface area contributed by atoms with Crippen LogP contribution in [0.2, 0.25) is 10.0 Å². The molecular formula is C25H21Cl2NO6. The van der Waals surface area contributed by atoms with E-state index in [1.54, 1.807) is 24.3 Å². The minimum atomic E-state index is -0.923. The predicted octanol–water partition coefficient (Wildman–Crippen LogP) is 5.27. The third-order valence-corrected chi connectivity index (χ3v) is 6.18. The lowest BCUT2D eigenvalue weighted by Crippen LogP contribution is -2.31. The third kappa shape index (κ3) is 4.36. The number of benzene rings is 2. The van der Waals surface area contributed by atoms with Crippen molar-refractivity contribution < 1.29 is 28.6 Å². The van der Waals surface area contributed by atoms with Gasteiger partial charge < -0.3 is 23.9 Å². The van der Waals surface area contributed by atoms with Crippen molar-refractivity contribution in [2.75, 3.05) is 20.8 Å². The number of ether oxygens (including phenoxy) is 2. The van der Waals surface area contributed by atoms with Crippen molar-refractivity contribution in [1.29, 1.82) is 0 Å². The molecule has 0 bridgehead atoms. The Morgan fingerprint density at radius 3 is 2.38 bits per heavy atom. The van der Waals surface area contributed by atoms with Gasteiger partial charge in [-0.05, 0) is 42.3 Å². The zero-order valence-electron chi connectivity index (χ0n) is 18.4. The van der Waals surface area contributed by atoms with Crippen LogP contribution < -0.4 is 9.47 Å². The second kappa shape index (κ2) is 9.83. The van der Waals surface area contributed by atoms with E-state index in [1.165, 1.54) is 37.5 Å². The summed E-state index contributed by atoms with van der Waals surface area (Å²) in [6, 6.07) is 12.5. The van der Waals surface area contributed by atoms with Crippen LogP contribution in [0.3, 0.4) is 0 Å². The van der Waals surface area contributed by atoms with Gasteiger partial charge in [-0.1, -0.05) is 35.3 Å². The Morgan fingerprint density at radius 1 is 1.06 bits per heavy atom. The number of nitrogens with zero attached hydrogens (tertiary/aromatic N) is 1. The number of carbonyl (C=O) groups excluding carboxylic acids is 2. The fourth-order valence-electron chi connectivity index (χ4n) is 3.94. The Bertz CT molecular complexity index is 1250. The molecular weight excluding hydrogens is 481 g/mol. The lowest BCUT2D eigenvalue weighted by Gasteiger charge is -2.23. The summed E-state index contributed by atoms with van der Waals surface area (Å²) in [6.45, 7) is 0.217. The first-order valence-corrected chi connectivity index (χ1v) is 11.1. The molecule has 7 nitrogen and oxygen atoms in total. The molecule has 4 rings (SSSR count). The molecule has 1 amide bonds. The number of methoxy groups -OCH3 is 2. The average molecular weight is 502 g/mol. The Labute approximate surface area is 206 Å². The molecule has 0 saturated carbocycles. The van der Waals surface area contributed by atoms with Crippen molar-refractivity contribution in [3.63, 3.8) is 0 Å². The van der Waals surface area contributed by atoms with Gasteiger partial charge in [0.05, 0.1) is 36.6 Å². The lowest BCUT2D eigenvalue weighted by molar-refractivity contribution is -0.140. The maximum atomic E-state index is 13.1. The van der Waals surface area contributed by atoms with Crippen molar-refractivity contribution in [2.45, 2.75) is 12.5 Å². The summed E-state index contributed by atoms with van der Waals surface area (Å²) in [5.74, 6) is -1.09. The average Bonchev–Trinajstić information content (AvgIpc) is 3.45. The highest BCUT2D eigenvalue weighted by atomic mass is 35.5. The molecule has 1 unspecified atom stereocenters. The third-order valence-electron chi connectivity index (χ3n) is 5.64. The Morgan fingerprint density at radius 2 is 1.76 bits per heavy atom. The van der Waals surface area contributed by atoms with E-state index in [9.17, 15) is 14.7 Å². The molecule has 1 aromatic heterocycles. The fraction of sp³-hybridized carbons (Fsp3) is 0.200. The Kier molecular flexibility index (Phi) is 6.86. The minimum absolute atomic E-state index is 0.115. The van der Waals surface area contributed by atoms with Crippen molar-refractivity contribution in [3.8, 4) is 11.5 Å². The summed E-state index contributed by atoms with van der Waals surface area (Å²) < 4.78 is 16.1. The van der Waals surface area contributed by atoms with Crippen molar-refractivity contribution in [3.05, 3.63) is 87.3 Å².